The van der Waals surface area contributed by atoms with Gasteiger partial charge in [-0.3, -0.25) is 14.5 Å². The van der Waals surface area contributed by atoms with E-state index in [2.05, 4.69) is 34.5 Å². The largest absolute Gasteiger partial charge is 0.507 e. The SMILES string of the molecule is CCOc1cc([C@H]2C(=C(O)c3ccc4c(c3)C[C@@H](C)O4)C(=O)C(=O)N2c2nnc(SCc3cccc4ccccc34)s2)ccc1OCc1ccccc1. The van der Waals surface area contributed by atoms with Gasteiger partial charge in [0.05, 0.1) is 18.2 Å². The van der Waals surface area contributed by atoms with Crippen LogP contribution in [0.15, 0.2) is 119 Å². The van der Waals surface area contributed by atoms with Crippen molar-refractivity contribution in [1.82, 2.24) is 10.2 Å². The first-order chi connectivity index (χ1) is 25.9. The maximum Gasteiger partial charge on any atom is 0.301 e. The average Bonchev–Trinajstić information content (AvgIpc) is 3.88. The van der Waals surface area contributed by atoms with Gasteiger partial charge in [0.1, 0.15) is 24.2 Å². The number of ketones is 1. The zero-order valence-electron chi connectivity index (χ0n) is 29.0. The molecule has 1 amide bonds. The van der Waals surface area contributed by atoms with E-state index < -0.39 is 17.7 Å². The van der Waals surface area contributed by atoms with Gasteiger partial charge in [-0.05, 0) is 77.2 Å². The fourth-order valence-corrected chi connectivity index (χ4v) is 8.68. The molecule has 9 nitrogen and oxygen atoms in total. The summed E-state index contributed by atoms with van der Waals surface area (Å²) in [6.07, 6.45) is 0.665. The molecule has 5 aromatic carbocycles. The number of benzene rings is 5. The highest BCUT2D eigenvalue weighted by atomic mass is 32.2. The third kappa shape index (κ3) is 6.85. The highest BCUT2D eigenvalue weighted by Gasteiger charge is 2.48. The predicted octanol–water partition coefficient (Wildman–Crippen LogP) is 8.91. The van der Waals surface area contributed by atoms with E-state index in [1.165, 1.54) is 28.0 Å². The van der Waals surface area contributed by atoms with Gasteiger partial charge in [-0.2, -0.15) is 0 Å². The molecule has 6 aromatic rings. The molecule has 2 atom stereocenters. The minimum Gasteiger partial charge on any atom is -0.507 e. The van der Waals surface area contributed by atoms with Crippen molar-refractivity contribution in [1.29, 1.82) is 0 Å². The molecule has 0 spiro atoms. The van der Waals surface area contributed by atoms with Crippen LogP contribution < -0.4 is 19.1 Å². The molecule has 53 heavy (non-hydrogen) atoms. The van der Waals surface area contributed by atoms with Gasteiger partial charge in [-0.1, -0.05) is 102 Å². The maximum atomic E-state index is 14.0. The Labute approximate surface area is 314 Å². The Balaban J connectivity index is 1.17. The zero-order valence-corrected chi connectivity index (χ0v) is 30.7. The molecule has 2 aliphatic rings. The molecule has 1 saturated heterocycles. The summed E-state index contributed by atoms with van der Waals surface area (Å²) in [6, 6.07) is 33.8. The van der Waals surface area contributed by atoms with Crippen molar-refractivity contribution in [2.75, 3.05) is 11.5 Å². The minimum atomic E-state index is -1.02. The Hall–Kier alpha value is -5.65. The van der Waals surface area contributed by atoms with E-state index in [0.29, 0.717) is 52.4 Å². The van der Waals surface area contributed by atoms with E-state index in [0.717, 1.165) is 33.2 Å². The van der Waals surface area contributed by atoms with Crippen LogP contribution in [0.1, 0.15) is 47.7 Å². The van der Waals surface area contributed by atoms with Crippen molar-refractivity contribution in [2.24, 2.45) is 0 Å². The third-order valence-electron chi connectivity index (χ3n) is 9.27. The van der Waals surface area contributed by atoms with Gasteiger partial charge in [0, 0.05) is 17.7 Å². The van der Waals surface area contributed by atoms with E-state index in [1.807, 2.05) is 68.4 Å². The van der Waals surface area contributed by atoms with Crippen LogP contribution >= 0.6 is 23.1 Å². The van der Waals surface area contributed by atoms with Crippen LogP contribution in [0.2, 0.25) is 0 Å². The Morgan fingerprint density at radius 2 is 1.74 bits per heavy atom. The number of aromatic nitrogens is 2. The Bertz CT molecular complexity index is 2370. The van der Waals surface area contributed by atoms with E-state index in [4.69, 9.17) is 14.2 Å². The van der Waals surface area contributed by atoms with E-state index in [9.17, 15) is 14.7 Å². The number of nitrogens with zero attached hydrogens (tertiary/aromatic N) is 3. The van der Waals surface area contributed by atoms with Crippen LogP contribution in [0, 0.1) is 0 Å². The second-order valence-electron chi connectivity index (χ2n) is 12.8. The number of fused-ring (bicyclic) bond motifs is 2. The number of hydrogen-bond donors (Lipinski definition) is 1. The number of thioether (sulfide) groups is 1. The summed E-state index contributed by atoms with van der Waals surface area (Å²) in [6.45, 7) is 4.53. The molecular weight excluding hydrogens is 707 g/mol. The number of aliphatic hydroxyl groups is 1. The molecule has 266 valence electrons. The lowest BCUT2D eigenvalue weighted by atomic mass is 9.94. The number of carbonyl (C=O) groups is 2. The molecule has 0 radical (unpaired) electrons. The number of ether oxygens (including phenoxy) is 3. The number of Topliss-reactive ketones (excluding diaryl/α,β-unsaturated/α-hetero) is 1. The van der Waals surface area contributed by atoms with Crippen LogP contribution in [-0.4, -0.2) is 39.7 Å². The monoisotopic (exact) mass is 741 g/mol. The fraction of sp³-hybridized carbons (Fsp3) is 0.190. The van der Waals surface area contributed by atoms with Crippen LogP contribution in [0.3, 0.4) is 0 Å². The van der Waals surface area contributed by atoms with Crippen LogP contribution in [0.4, 0.5) is 5.13 Å². The summed E-state index contributed by atoms with van der Waals surface area (Å²) in [5.74, 6) is 0.419. The van der Waals surface area contributed by atoms with E-state index in [-0.39, 0.29) is 22.6 Å². The molecule has 1 N–H and O–H groups in total. The third-order valence-corrected chi connectivity index (χ3v) is 11.4. The highest BCUT2D eigenvalue weighted by molar-refractivity contribution is 8.00. The van der Waals surface area contributed by atoms with Crippen LogP contribution in [0.5, 0.6) is 17.2 Å². The van der Waals surface area contributed by atoms with Gasteiger partial charge >= 0.3 is 5.91 Å². The van der Waals surface area contributed by atoms with Crippen molar-refractivity contribution in [3.63, 3.8) is 0 Å². The fourth-order valence-electron chi connectivity index (χ4n) is 6.80. The summed E-state index contributed by atoms with van der Waals surface area (Å²) in [5, 5.41) is 23.3. The average molecular weight is 742 g/mol. The number of hydrogen-bond acceptors (Lipinski definition) is 10. The molecule has 0 saturated carbocycles. The normalized spacial score (nSPS) is 17.6. The Morgan fingerprint density at radius 3 is 2.58 bits per heavy atom. The van der Waals surface area contributed by atoms with E-state index in [1.54, 1.807) is 30.3 Å². The summed E-state index contributed by atoms with van der Waals surface area (Å²) in [5.41, 5.74) is 3.97. The first-order valence-corrected chi connectivity index (χ1v) is 19.2. The maximum absolute atomic E-state index is 14.0. The summed E-state index contributed by atoms with van der Waals surface area (Å²) in [4.78, 5) is 29.4. The van der Waals surface area contributed by atoms with Gasteiger partial charge in [-0.25, -0.2) is 0 Å². The second kappa shape index (κ2) is 14.8. The Kier molecular flexibility index (Phi) is 9.59. The number of rotatable bonds is 11. The zero-order chi connectivity index (χ0) is 36.5. The van der Waals surface area contributed by atoms with E-state index >= 15 is 0 Å². The second-order valence-corrected chi connectivity index (χ2v) is 15.0. The van der Waals surface area contributed by atoms with Gasteiger partial charge in [0.15, 0.2) is 15.8 Å². The molecule has 0 bridgehead atoms. The number of anilines is 1. The number of amides is 1. The lowest BCUT2D eigenvalue weighted by Gasteiger charge is -2.24. The van der Waals surface area contributed by atoms with Crippen molar-refractivity contribution >= 4 is 56.5 Å². The van der Waals surface area contributed by atoms with Crippen molar-refractivity contribution in [2.45, 2.75) is 49.1 Å². The first kappa shape index (κ1) is 34.4. The minimum absolute atomic E-state index is 0.00216. The van der Waals surface area contributed by atoms with Crippen molar-refractivity contribution in [3.8, 4) is 17.2 Å². The lowest BCUT2D eigenvalue weighted by molar-refractivity contribution is -0.132. The molecule has 0 unspecified atom stereocenters. The number of aliphatic hydroxyl groups excluding tert-OH is 1. The quantitative estimate of drug-likeness (QED) is 0.0458. The van der Waals surface area contributed by atoms with Gasteiger partial charge in [0.25, 0.3) is 5.78 Å². The molecule has 1 fully saturated rings. The smallest absolute Gasteiger partial charge is 0.301 e. The van der Waals surface area contributed by atoms with Gasteiger partial charge in [0.2, 0.25) is 5.13 Å². The summed E-state index contributed by atoms with van der Waals surface area (Å²) >= 11 is 2.73. The highest BCUT2D eigenvalue weighted by Crippen LogP contribution is 2.46. The van der Waals surface area contributed by atoms with Crippen LogP contribution in [0.25, 0.3) is 16.5 Å². The lowest BCUT2D eigenvalue weighted by Crippen LogP contribution is -2.29. The molecule has 11 heteroatoms. The first-order valence-electron chi connectivity index (χ1n) is 17.3. The molecule has 3 heterocycles. The molecular formula is C42H35N3O6S2. The van der Waals surface area contributed by atoms with Gasteiger partial charge < -0.3 is 19.3 Å². The molecule has 8 rings (SSSR count). The summed E-state index contributed by atoms with van der Waals surface area (Å²) in [7, 11) is 0. The molecule has 0 aliphatic carbocycles. The summed E-state index contributed by atoms with van der Waals surface area (Å²) < 4.78 is 18.7. The van der Waals surface area contributed by atoms with Gasteiger partial charge in [-0.15, -0.1) is 10.2 Å². The Morgan fingerprint density at radius 1 is 0.925 bits per heavy atom. The van der Waals surface area contributed by atoms with Crippen LogP contribution in [-0.2, 0) is 28.4 Å². The van der Waals surface area contributed by atoms with Crippen molar-refractivity contribution < 1.29 is 28.9 Å². The predicted molar refractivity (Wildman–Crippen MR) is 207 cm³/mol. The standard InChI is InChI=1S/C42H35N3O6S2/c1-3-49-35-22-28(16-19-34(35)50-23-26-10-5-4-6-11-26)37-36(38(46)29-17-18-33-31(21-29)20-25(2)51-33)39(47)40(48)45(37)41-43-44-42(53-41)52-24-30-14-9-13-27-12-7-8-15-32(27)30/h4-19,21-22,25,37,46H,3,20,23-24H2,1-2H3/t25-,37+/m1/s1. The topological polar surface area (TPSA) is 111 Å². The molecule has 1 aromatic heterocycles. The van der Waals surface area contributed by atoms with Crippen molar-refractivity contribution in [3.05, 3.63) is 143 Å². The number of carbonyl (C=O) groups excluding carboxylic acids is 2. The molecule has 2 aliphatic heterocycles.